The van der Waals surface area contributed by atoms with E-state index in [1.165, 1.54) is 24.3 Å². The zero-order valence-corrected chi connectivity index (χ0v) is 17.3. The number of nitrogens with zero attached hydrogens (tertiary/aromatic N) is 1. The molecule has 0 aliphatic rings. The summed E-state index contributed by atoms with van der Waals surface area (Å²) >= 11 is 0. The van der Waals surface area contributed by atoms with Crippen LogP contribution in [0.4, 0.5) is 18.9 Å². The van der Waals surface area contributed by atoms with Gasteiger partial charge in [0.2, 0.25) is 0 Å². The van der Waals surface area contributed by atoms with Gasteiger partial charge in [-0.15, -0.1) is 0 Å². The molecule has 0 atom stereocenters. The fourth-order valence-electron chi connectivity index (χ4n) is 2.75. The molecule has 8 nitrogen and oxygen atoms in total. The van der Waals surface area contributed by atoms with Gasteiger partial charge in [0.05, 0.1) is 0 Å². The van der Waals surface area contributed by atoms with Crippen LogP contribution in [0.25, 0.3) is 0 Å². The van der Waals surface area contributed by atoms with Gasteiger partial charge >= 0.3 is 18.1 Å². The lowest BCUT2D eigenvalue weighted by Gasteiger charge is -2.24. The van der Waals surface area contributed by atoms with Gasteiger partial charge in [0.1, 0.15) is 29.4 Å². The molecule has 0 aromatic heterocycles. The van der Waals surface area contributed by atoms with E-state index in [4.69, 9.17) is 9.84 Å². The molecule has 0 bridgehead atoms. The highest BCUT2D eigenvalue weighted by atomic mass is 19.4. The second-order valence-electron chi connectivity index (χ2n) is 7.78. The number of aromatic carboxylic acids is 1. The number of nitrogens with one attached hydrogen (secondary N) is 1. The van der Waals surface area contributed by atoms with Gasteiger partial charge in [0.25, 0.3) is 0 Å². The van der Waals surface area contributed by atoms with Crippen LogP contribution >= 0.6 is 0 Å². The summed E-state index contributed by atoms with van der Waals surface area (Å²) in [5.41, 5.74) is -0.364. The molecule has 0 saturated heterocycles. The average molecular weight is 454 g/mol. The quantitative estimate of drug-likeness (QED) is 0.295. The Morgan fingerprint density at radius 1 is 1.09 bits per heavy atom. The Kier molecular flexibility index (Phi) is 7.02. The van der Waals surface area contributed by atoms with Crippen molar-refractivity contribution in [3.05, 3.63) is 53.1 Å². The summed E-state index contributed by atoms with van der Waals surface area (Å²) in [5.74, 6) is -3.85. The number of hydrogen-bond donors (Lipinski definition) is 4. The van der Waals surface area contributed by atoms with E-state index in [2.05, 4.69) is 5.16 Å². The molecule has 4 N–H and O–H groups in total. The van der Waals surface area contributed by atoms with Gasteiger partial charge < -0.3 is 25.5 Å². The third-order valence-electron chi connectivity index (χ3n) is 4.36. The molecular weight excluding hydrogens is 433 g/mol. The zero-order chi connectivity index (χ0) is 24.3. The number of oxime groups is 1. The summed E-state index contributed by atoms with van der Waals surface area (Å²) in [6.07, 6.45) is -5.05. The SMILES string of the molecule is CC(C)(C)c1cc(/C(COc2ccc(C(=O)O)c(O)c2)=N\O)ccc1NC(=O)C(F)(F)F. The summed E-state index contributed by atoms with van der Waals surface area (Å²) in [5, 5.41) is 33.1. The molecule has 2 aromatic carbocycles. The number of carbonyl (C=O) groups excluding carboxylic acids is 1. The van der Waals surface area contributed by atoms with Gasteiger partial charge in [0, 0.05) is 17.3 Å². The van der Waals surface area contributed by atoms with Crippen molar-refractivity contribution < 1.29 is 42.9 Å². The highest BCUT2D eigenvalue weighted by Gasteiger charge is 2.39. The summed E-state index contributed by atoms with van der Waals surface area (Å²) in [7, 11) is 0. The van der Waals surface area contributed by atoms with Crippen molar-refractivity contribution in [1.82, 2.24) is 0 Å². The first-order valence-corrected chi connectivity index (χ1v) is 9.17. The highest BCUT2D eigenvalue weighted by molar-refractivity contribution is 6.03. The molecule has 0 aliphatic carbocycles. The Hall–Kier alpha value is -3.76. The minimum atomic E-state index is -5.05. The van der Waals surface area contributed by atoms with Crippen molar-refractivity contribution in [2.45, 2.75) is 32.4 Å². The number of phenols is 1. The molecule has 0 radical (unpaired) electrons. The minimum absolute atomic E-state index is 0.00555. The van der Waals surface area contributed by atoms with Crippen LogP contribution in [-0.4, -0.2) is 45.8 Å². The molecule has 0 unspecified atom stereocenters. The van der Waals surface area contributed by atoms with Crippen molar-refractivity contribution in [3.63, 3.8) is 0 Å². The van der Waals surface area contributed by atoms with Crippen molar-refractivity contribution in [3.8, 4) is 11.5 Å². The van der Waals surface area contributed by atoms with Crippen LogP contribution in [0.1, 0.15) is 42.3 Å². The van der Waals surface area contributed by atoms with Crippen LogP contribution in [0.2, 0.25) is 0 Å². The largest absolute Gasteiger partial charge is 0.507 e. The Labute approximate surface area is 180 Å². The number of rotatable bonds is 6. The number of carbonyl (C=O) groups is 2. The standard InChI is InChI=1S/C21H21F3N2O6/c1-20(2,3)14-8-11(4-7-15(14)25-19(30)21(22,23)24)16(26-31)10-32-12-5-6-13(18(28)29)17(27)9-12/h4-9,27,31H,10H2,1-3H3,(H,25,30)(H,28,29)/b26-16-. The third kappa shape index (κ3) is 5.90. The number of aromatic hydroxyl groups is 1. The van der Waals surface area contributed by atoms with E-state index in [9.17, 15) is 33.1 Å². The highest BCUT2D eigenvalue weighted by Crippen LogP contribution is 2.32. The second-order valence-corrected chi connectivity index (χ2v) is 7.78. The molecular formula is C21H21F3N2O6. The summed E-state index contributed by atoms with van der Waals surface area (Å²) in [4.78, 5) is 22.3. The normalized spacial score (nSPS) is 12.4. The lowest BCUT2D eigenvalue weighted by atomic mass is 9.84. The van der Waals surface area contributed by atoms with Gasteiger partial charge in [-0.05, 0) is 35.2 Å². The van der Waals surface area contributed by atoms with Crippen LogP contribution in [-0.2, 0) is 10.2 Å². The smallest absolute Gasteiger partial charge is 0.471 e. The molecule has 1 amide bonds. The molecule has 0 aliphatic heterocycles. The predicted octanol–water partition coefficient (Wildman–Crippen LogP) is 4.15. The van der Waals surface area contributed by atoms with E-state index in [0.717, 1.165) is 12.1 Å². The molecule has 172 valence electrons. The molecule has 0 fully saturated rings. The van der Waals surface area contributed by atoms with E-state index in [0.29, 0.717) is 11.1 Å². The first-order valence-electron chi connectivity index (χ1n) is 9.17. The zero-order valence-electron chi connectivity index (χ0n) is 17.3. The van der Waals surface area contributed by atoms with E-state index < -0.39 is 29.2 Å². The van der Waals surface area contributed by atoms with Gasteiger partial charge in [-0.2, -0.15) is 13.2 Å². The number of benzene rings is 2. The number of carboxylic acid groups (broad SMARTS) is 1. The number of amides is 1. The number of anilines is 1. The first-order chi connectivity index (χ1) is 14.7. The molecule has 11 heteroatoms. The number of halogens is 3. The molecule has 2 aromatic rings. The van der Waals surface area contributed by atoms with Crippen molar-refractivity contribution in [2.24, 2.45) is 5.16 Å². The maximum Gasteiger partial charge on any atom is 0.471 e. The van der Waals surface area contributed by atoms with Crippen LogP contribution in [0.5, 0.6) is 11.5 Å². The second kappa shape index (κ2) is 9.16. The summed E-state index contributed by atoms with van der Waals surface area (Å²) < 4.78 is 43.4. The monoisotopic (exact) mass is 454 g/mol. The van der Waals surface area contributed by atoms with Crippen molar-refractivity contribution in [1.29, 1.82) is 0 Å². The number of carboxylic acids is 1. The lowest BCUT2D eigenvalue weighted by Crippen LogP contribution is -2.31. The number of alkyl halides is 3. The van der Waals surface area contributed by atoms with Gasteiger partial charge in [-0.3, -0.25) is 4.79 Å². The molecule has 0 heterocycles. The fraction of sp³-hybridized carbons (Fsp3) is 0.286. The van der Waals surface area contributed by atoms with E-state index in [1.54, 1.807) is 20.8 Å². The Morgan fingerprint density at radius 3 is 2.25 bits per heavy atom. The van der Waals surface area contributed by atoms with Crippen molar-refractivity contribution in [2.75, 3.05) is 11.9 Å². The van der Waals surface area contributed by atoms with Crippen LogP contribution < -0.4 is 10.1 Å². The Balaban J connectivity index is 2.29. The molecule has 32 heavy (non-hydrogen) atoms. The predicted molar refractivity (Wildman–Crippen MR) is 109 cm³/mol. The summed E-state index contributed by atoms with van der Waals surface area (Å²) in [6, 6.07) is 7.60. The Bertz CT molecular complexity index is 1060. The molecule has 0 spiro atoms. The topological polar surface area (TPSA) is 128 Å². The summed E-state index contributed by atoms with van der Waals surface area (Å²) in [6.45, 7) is 4.89. The van der Waals surface area contributed by atoms with Crippen LogP contribution in [0.15, 0.2) is 41.6 Å². The van der Waals surface area contributed by atoms with E-state index in [-0.39, 0.29) is 29.3 Å². The van der Waals surface area contributed by atoms with E-state index in [1.807, 2.05) is 5.32 Å². The van der Waals surface area contributed by atoms with Crippen LogP contribution in [0, 0.1) is 0 Å². The minimum Gasteiger partial charge on any atom is -0.507 e. The van der Waals surface area contributed by atoms with Crippen molar-refractivity contribution >= 4 is 23.3 Å². The van der Waals surface area contributed by atoms with Gasteiger partial charge in [0.15, 0.2) is 0 Å². The maximum absolute atomic E-state index is 12.7. The number of ether oxygens (including phenoxy) is 1. The average Bonchev–Trinajstić information content (AvgIpc) is 2.67. The maximum atomic E-state index is 12.7. The third-order valence-corrected chi connectivity index (χ3v) is 4.36. The number of hydrogen-bond acceptors (Lipinski definition) is 6. The fourth-order valence-corrected chi connectivity index (χ4v) is 2.75. The first kappa shape index (κ1) is 24.5. The molecule has 0 saturated carbocycles. The van der Waals surface area contributed by atoms with Gasteiger partial charge in [-0.1, -0.05) is 32.0 Å². The molecule has 2 rings (SSSR count). The lowest BCUT2D eigenvalue weighted by molar-refractivity contribution is -0.167. The van der Waals surface area contributed by atoms with Gasteiger partial charge in [-0.25, -0.2) is 4.79 Å². The van der Waals surface area contributed by atoms with Crippen LogP contribution in [0.3, 0.4) is 0 Å². The van der Waals surface area contributed by atoms with E-state index >= 15 is 0 Å². The Morgan fingerprint density at radius 2 is 1.75 bits per heavy atom.